The molecular formula is C16H16FNOS. The predicted octanol–water partition coefficient (Wildman–Crippen LogP) is 4.01. The maximum absolute atomic E-state index is 13.6. The SMILES string of the molecule is Cc1ccc(NC(=O)CSCc2ccccc2)c(F)c1. The van der Waals surface area contributed by atoms with Crippen molar-refractivity contribution in [3.63, 3.8) is 0 Å². The Bertz CT molecular complexity index is 586. The van der Waals surface area contributed by atoms with E-state index in [2.05, 4.69) is 5.32 Å². The van der Waals surface area contributed by atoms with Crippen LogP contribution in [0.2, 0.25) is 0 Å². The molecule has 0 radical (unpaired) electrons. The first-order chi connectivity index (χ1) is 9.65. The molecule has 2 aromatic rings. The summed E-state index contributed by atoms with van der Waals surface area (Å²) in [6.07, 6.45) is 0. The van der Waals surface area contributed by atoms with Crippen LogP contribution >= 0.6 is 11.8 Å². The van der Waals surface area contributed by atoms with E-state index in [9.17, 15) is 9.18 Å². The fourth-order valence-electron chi connectivity index (χ4n) is 1.74. The molecule has 0 aromatic heterocycles. The molecule has 0 fully saturated rings. The third kappa shape index (κ3) is 4.38. The number of nitrogens with one attached hydrogen (secondary N) is 1. The van der Waals surface area contributed by atoms with E-state index in [1.54, 1.807) is 12.1 Å². The molecule has 0 aliphatic rings. The van der Waals surface area contributed by atoms with Gasteiger partial charge in [-0.3, -0.25) is 4.79 Å². The Morgan fingerprint density at radius 1 is 1.20 bits per heavy atom. The van der Waals surface area contributed by atoms with Crippen molar-refractivity contribution in [1.82, 2.24) is 0 Å². The minimum atomic E-state index is -0.397. The fraction of sp³-hybridized carbons (Fsp3) is 0.188. The number of hydrogen-bond donors (Lipinski definition) is 1. The lowest BCUT2D eigenvalue weighted by Crippen LogP contribution is -2.15. The predicted molar refractivity (Wildman–Crippen MR) is 82.4 cm³/mol. The zero-order valence-electron chi connectivity index (χ0n) is 11.2. The Kier molecular flexibility index (Phi) is 5.18. The molecular weight excluding hydrogens is 273 g/mol. The second-order valence-corrected chi connectivity index (χ2v) is 5.50. The van der Waals surface area contributed by atoms with Crippen LogP contribution in [0.1, 0.15) is 11.1 Å². The van der Waals surface area contributed by atoms with E-state index in [1.165, 1.54) is 23.4 Å². The molecule has 0 heterocycles. The summed E-state index contributed by atoms with van der Waals surface area (Å²) in [5.41, 5.74) is 2.24. The Balaban J connectivity index is 1.81. The molecule has 104 valence electrons. The molecule has 1 amide bonds. The largest absolute Gasteiger partial charge is 0.323 e. The monoisotopic (exact) mass is 289 g/mol. The third-order valence-corrected chi connectivity index (χ3v) is 3.75. The minimum Gasteiger partial charge on any atom is -0.323 e. The molecule has 0 spiro atoms. The molecule has 0 aliphatic carbocycles. The molecule has 2 nitrogen and oxygen atoms in total. The highest BCUT2D eigenvalue weighted by Gasteiger charge is 2.07. The molecule has 0 atom stereocenters. The van der Waals surface area contributed by atoms with E-state index in [0.717, 1.165) is 11.3 Å². The zero-order valence-corrected chi connectivity index (χ0v) is 12.0. The molecule has 0 saturated heterocycles. The lowest BCUT2D eigenvalue weighted by Gasteiger charge is -2.07. The molecule has 2 aromatic carbocycles. The van der Waals surface area contributed by atoms with Crippen molar-refractivity contribution in [2.75, 3.05) is 11.1 Å². The van der Waals surface area contributed by atoms with Gasteiger partial charge in [0.1, 0.15) is 5.82 Å². The van der Waals surface area contributed by atoms with Gasteiger partial charge in [-0.1, -0.05) is 36.4 Å². The van der Waals surface area contributed by atoms with Crippen molar-refractivity contribution >= 4 is 23.4 Å². The van der Waals surface area contributed by atoms with Crippen LogP contribution in [0.5, 0.6) is 0 Å². The number of aryl methyl sites for hydroxylation is 1. The van der Waals surface area contributed by atoms with Gasteiger partial charge in [0.05, 0.1) is 11.4 Å². The average Bonchev–Trinajstić information content (AvgIpc) is 2.43. The Morgan fingerprint density at radius 3 is 2.65 bits per heavy atom. The van der Waals surface area contributed by atoms with Gasteiger partial charge in [-0.15, -0.1) is 11.8 Å². The smallest absolute Gasteiger partial charge is 0.234 e. The van der Waals surface area contributed by atoms with E-state index in [1.807, 2.05) is 37.3 Å². The zero-order chi connectivity index (χ0) is 14.4. The number of carbonyl (C=O) groups is 1. The second kappa shape index (κ2) is 7.10. The van der Waals surface area contributed by atoms with Gasteiger partial charge in [0.25, 0.3) is 0 Å². The van der Waals surface area contributed by atoms with Crippen LogP contribution in [0.25, 0.3) is 0 Å². The van der Waals surface area contributed by atoms with Crippen molar-refractivity contribution in [3.8, 4) is 0 Å². The second-order valence-electron chi connectivity index (χ2n) is 4.51. The van der Waals surface area contributed by atoms with Crippen LogP contribution in [-0.2, 0) is 10.5 Å². The maximum atomic E-state index is 13.6. The normalized spacial score (nSPS) is 10.3. The van der Waals surface area contributed by atoms with Crippen molar-refractivity contribution in [1.29, 1.82) is 0 Å². The first-order valence-corrected chi connectivity index (χ1v) is 7.48. The van der Waals surface area contributed by atoms with Crippen LogP contribution in [0, 0.1) is 12.7 Å². The van der Waals surface area contributed by atoms with E-state index >= 15 is 0 Å². The third-order valence-electron chi connectivity index (χ3n) is 2.74. The summed E-state index contributed by atoms with van der Waals surface area (Å²) in [5, 5.41) is 2.59. The Morgan fingerprint density at radius 2 is 1.95 bits per heavy atom. The summed E-state index contributed by atoms with van der Waals surface area (Å²) in [6, 6.07) is 14.7. The highest BCUT2D eigenvalue weighted by molar-refractivity contribution is 7.99. The van der Waals surface area contributed by atoms with Gasteiger partial charge in [-0.2, -0.15) is 0 Å². The number of hydrogen-bond acceptors (Lipinski definition) is 2. The van der Waals surface area contributed by atoms with Crippen LogP contribution in [0.4, 0.5) is 10.1 Å². The van der Waals surface area contributed by atoms with Crippen molar-refractivity contribution in [2.45, 2.75) is 12.7 Å². The topological polar surface area (TPSA) is 29.1 Å². The molecule has 20 heavy (non-hydrogen) atoms. The maximum Gasteiger partial charge on any atom is 0.234 e. The number of anilines is 1. The lowest BCUT2D eigenvalue weighted by atomic mass is 10.2. The van der Waals surface area contributed by atoms with Gasteiger partial charge in [0.15, 0.2) is 0 Å². The summed E-state index contributed by atoms with van der Waals surface area (Å²) < 4.78 is 13.6. The summed E-state index contributed by atoms with van der Waals surface area (Å²) >= 11 is 1.51. The van der Waals surface area contributed by atoms with Crippen LogP contribution in [-0.4, -0.2) is 11.7 Å². The number of benzene rings is 2. The average molecular weight is 289 g/mol. The molecule has 4 heteroatoms. The molecule has 2 rings (SSSR count). The molecule has 0 unspecified atom stereocenters. The summed E-state index contributed by atoms with van der Waals surface area (Å²) in [6.45, 7) is 1.81. The first kappa shape index (κ1) is 14.6. The highest BCUT2D eigenvalue weighted by atomic mass is 32.2. The van der Waals surface area contributed by atoms with E-state index < -0.39 is 5.82 Å². The summed E-state index contributed by atoms with van der Waals surface area (Å²) in [4.78, 5) is 11.7. The summed E-state index contributed by atoms with van der Waals surface area (Å²) in [5.74, 6) is 0.493. The van der Waals surface area contributed by atoms with Gasteiger partial charge in [-0.25, -0.2) is 4.39 Å². The quantitative estimate of drug-likeness (QED) is 0.901. The number of rotatable bonds is 5. The van der Waals surface area contributed by atoms with Gasteiger partial charge >= 0.3 is 0 Å². The first-order valence-electron chi connectivity index (χ1n) is 6.33. The molecule has 0 saturated carbocycles. The van der Waals surface area contributed by atoms with Gasteiger partial charge in [0, 0.05) is 5.75 Å². The Labute approximate surface area is 122 Å². The van der Waals surface area contributed by atoms with E-state index in [4.69, 9.17) is 0 Å². The highest BCUT2D eigenvalue weighted by Crippen LogP contribution is 2.16. The number of thioether (sulfide) groups is 1. The van der Waals surface area contributed by atoms with Crippen molar-refractivity contribution in [3.05, 3.63) is 65.5 Å². The fourth-order valence-corrected chi connectivity index (χ4v) is 2.53. The van der Waals surface area contributed by atoms with Crippen molar-refractivity contribution < 1.29 is 9.18 Å². The number of amides is 1. The van der Waals surface area contributed by atoms with Crippen LogP contribution < -0.4 is 5.32 Å². The lowest BCUT2D eigenvalue weighted by molar-refractivity contribution is -0.113. The van der Waals surface area contributed by atoms with Crippen LogP contribution in [0.15, 0.2) is 48.5 Å². The minimum absolute atomic E-state index is 0.186. The van der Waals surface area contributed by atoms with Crippen molar-refractivity contribution in [2.24, 2.45) is 0 Å². The van der Waals surface area contributed by atoms with Gasteiger partial charge in [-0.05, 0) is 30.2 Å². The van der Waals surface area contributed by atoms with Crippen LogP contribution in [0.3, 0.4) is 0 Å². The summed E-state index contributed by atoms with van der Waals surface area (Å²) in [7, 11) is 0. The van der Waals surface area contributed by atoms with Gasteiger partial charge < -0.3 is 5.32 Å². The van der Waals surface area contributed by atoms with E-state index in [-0.39, 0.29) is 11.6 Å². The molecule has 0 bridgehead atoms. The van der Waals surface area contributed by atoms with Gasteiger partial charge in [0.2, 0.25) is 5.91 Å². The Hall–Kier alpha value is -1.81. The number of carbonyl (C=O) groups excluding carboxylic acids is 1. The molecule has 1 N–H and O–H groups in total. The number of halogens is 1. The van der Waals surface area contributed by atoms with E-state index in [0.29, 0.717) is 5.75 Å². The standard InChI is InChI=1S/C16H16FNOS/c1-12-7-8-15(14(17)9-12)18-16(19)11-20-10-13-5-3-2-4-6-13/h2-9H,10-11H2,1H3,(H,18,19). The molecule has 0 aliphatic heterocycles.